The number of hydrogen-bond donors (Lipinski definition) is 2. The lowest BCUT2D eigenvalue weighted by Crippen LogP contribution is -2.02. The van der Waals surface area contributed by atoms with Gasteiger partial charge < -0.3 is 38.0 Å². The van der Waals surface area contributed by atoms with Crippen LogP contribution in [0.5, 0.6) is 34.5 Å². The molecule has 0 aliphatic rings. The molecule has 192 valence electrons. The zero-order valence-electron chi connectivity index (χ0n) is 21.0. The second-order valence-corrected chi connectivity index (χ2v) is 8.72. The van der Waals surface area contributed by atoms with Crippen molar-refractivity contribution in [1.29, 1.82) is 0 Å². The van der Waals surface area contributed by atoms with Crippen LogP contribution in [-0.2, 0) is 0 Å². The molecule has 0 unspecified atom stereocenters. The Balaban J connectivity index is 1.92. The third-order valence-electron chi connectivity index (χ3n) is 6.83. The molecule has 0 spiro atoms. The summed E-state index contributed by atoms with van der Waals surface area (Å²) in [4.78, 5) is 13.4. The van der Waals surface area contributed by atoms with Crippen molar-refractivity contribution in [3.05, 3.63) is 65.1 Å². The molecule has 9 heteroatoms. The van der Waals surface area contributed by atoms with Gasteiger partial charge in [-0.3, -0.25) is 0 Å². The molecule has 3 heterocycles. The molecule has 38 heavy (non-hydrogen) atoms. The average molecular weight is 514 g/mol. The van der Waals surface area contributed by atoms with Crippen molar-refractivity contribution in [3.63, 3.8) is 0 Å². The lowest BCUT2D eigenvalue weighted by Gasteiger charge is -2.12. The van der Waals surface area contributed by atoms with Crippen molar-refractivity contribution in [1.82, 2.24) is 4.40 Å². The van der Waals surface area contributed by atoms with E-state index >= 15 is 0 Å². The number of methoxy groups -OCH3 is 4. The van der Waals surface area contributed by atoms with Gasteiger partial charge in [0.25, 0.3) is 0 Å². The van der Waals surface area contributed by atoms with Crippen LogP contribution in [0.4, 0.5) is 0 Å². The Morgan fingerprint density at radius 1 is 0.711 bits per heavy atom. The smallest absolute Gasteiger partial charge is 0.361 e. The van der Waals surface area contributed by atoms with Gasteiger partial charge in [0.2, 0.25) is 0 Å². The molecular weight excluding hydrogens is 490 g/mol. The summed E-state index contributed by atoms with van der Waals surface area (Å²) in [5.41, 5.74) is 2.02. The fraction of sp³-hybridized carbons (Fsp3) is 0.138. The summed E-state index contributed by atoms with van der Waals surface area (Å²) in [5.74, 6) is 1.43. The number of rotatable bonds is 5. The van der Waals surface area contributed by atoms with E-state index in [9.17, 15) is 15.0 Å². The van der Waals surface area contributed by atoms with E-state index in [2.05, 4.69) is 0 Å². The third kappa shape index (κ3) is 3.21. The van der Waals surface area contributed by atoms with Crippen LogP contribution < -0.4 is 24.6 Å². The zero-order valence-corrected chi connectivity index (χ0v) is 21.0. The predicted octanol–water partition coefficient (Wildman–Crippen LogP) is 5.46. The highest BCUT2D eigenvalue weighted by Crippen LogP contribution is 2.46. The lowest BCUT2D eigenvalue weighted by molar-refractivity contribution is 0.356. The van der Waals surface area contributed by atoms with E-state index in [1.807, 2.05) is 18.2 Å². The fourth-order valence-corrected chi connectivity index (χ4v) is 5.11. The molecule has 0 fully saturated rings. The van der Waals surface area contributed by atoms with Gasteiger partial charge in [-0.2, -0.15) is 0 Å². The highest BCUT2D eigenvalue weighted by Gasteiger charge is 2.24. The van der Waals surface area contributed by atoms with E-state index in [-0.39, 0.29) is 28.6 Å². The number of fused-ring (bicyclic) bond motifs is 7. The first kappa shape index (κ1) is 23.4. The normalized spacial score (nSPS) is 11.5. The van der Waals surface area contributed by atoms with Crippen LogP contribution >= 0.6 is 0 Å². The molecule has 6 aromatic rings. The van der Waals surface area contributed by atoms with Crippen LogP contribution in [0.2, 0.25) is 0 Å². The van der Waals surface area contributed by atoms with Crippen molar-refractivity contribution >= 4 is 38.2 Å². The maximum atomic E-state index is 13.4. The number of pyridine rings is 1. The highest BCUT2D eigenvalue weighted by atomic mass is 16.5. The van der Waals surface area contributed by atoms with Gasteiger partial charge in [0.15, 0.2) is 34.5 Å². The summed E-state index contributed by atoms with van der Waals surface area (Å²) in [7, 11) is 6.05. The SMILES string of the molecule is COc1cc(-c2c3c4cc(OC)c(O)cc4oc(=O)c3n3ccc4cc(OC)c(OC)cc4c23)ccc1O. The minimum Gasteiger partial charge on any atom is -0.504 e. The first-order valence-electron chi connectivity index (χ1n) is 11.6. The Bertz CT molecular complexity index is 1970. The van der Waals surface area contributed by atoms with E-state index in [4.69, 9.17) is 23.4 Å². The molecule has 0 saturated heterocycles. The molecule has 9 nitrogen and oxygen atoms in total. The van der Waals surface area contributed by atoms with Crippen LogP contribution in [-0.4, -0.2) is 43.1 Å². The monoisotopic (exact) mass is 513 g/mol. The lowest BCUT2D eigenvalue weighted by atomic mass is 9.98. The first-order chi connectivity index (χ1) is 18.4. The molecule has 3 aromatic heterocycles. The van der Waals surface area contributed by atoms with Crippen LogP contribution in [0.25, 0.3) is 49.3 Å². The van der Waals surface area contributed by atoms with Gasteiger partial charge in [-0.25, -0.2) is 4.79 Å². The van der Waals surface area contributed by atoms with Gasteiger partial charge in [0.05, 0.1) is 34.0 Å². The van der Waals surface area contributed by atoms with E-state index in [1.54, 1.807) is 43.0 Å². The molecule has 0 bridgehead atoms. The van der Waals surface area contributed by atoms with Gasteiger partial charge in [-0.15, -0.1) is 0 Å². The zero-order chi connectivity index (χ0) is 26.7. The van der Waals surface area contributed by atoms with Gasteiger partial charge in [-0.1, -0.05) is 6.07 Å². The number of phenols is 2. The summed E-state index contributed by atoms with van der Waals surface area (Å²) in [6.45, 7) is 0. The van der Waals surface area contributed by atoms with Gasteiger partial charge in [0, 0.05) is 34.0 Å². The molecule has 6 rings (SSSR count). The van der Waals surface area contributed by atoms with Crippen LogP contribution in [0.3, 0.4) is 0 Å². The molecular formula is C29H23NO8. The molecule has 0 amide bonds. The van der Waals surface area contributed by atoms with Crippen molar-refractivity contribution in [3.8, 4) is 45.6 Å². The van der Waals surface area contributed by atoms with Crippen LogP contribution in [0, 0.1) is 0 Å². The Labute approximate surface area is 215 Å². The average Bonchev–Trinajstić information content (AvgIpc) is 3.28. The van der Waals surface area contributed by atoms with Crippen LogP contribution in [0.1, 0.15) is 0 Å². The Morgan fingerprint density at radius 3 is 2.08 bits per heavy atom. The van der Waals surface area contributed by atoms with Gasteiger partial charge in [-0.05, 0) is 47.3 Å². The Hall–Kier alpha value is -5.05. The number of nitrogens with zero attached hydrogens (tertiary/aromatic N) is 1. The van der Waals surface area contributed by atoms with Crippen LogP contribution in [0.15, 0.2) is 63.9 Å². The Morgan fingerprint density at radius 2 is 1.37 bits per heavy atom. The van der Waals surface area contributed by atoms with E-state index < -0.39 is 5.63 Å². The number of hydrogen-bond acceptors (Lipinski definition) is 8. The summed E-state index contributed by atoms with van der Waals surface area (Å²) in [6, 6.07) is 13.6. The van der Waals surface area contributed by atoms with E-state index in [0.717, 1.165) is 10.8 Å². The molecule has 0 aliphatic heterocycles. The van der Waals surface area contributed by atoms with Gasteiger partial charge >= 0.3 is 5.63 Å². The second-order valence-electron chi connectivity index (χ2n) is 8.72. The molecule has 3 aromatic carbocycles. The number of phenolic OH excluding ortho intramolecular Hbond substituents is 2. The van der Waals surface area contributed by atoms with Crippen molar-refractivity contribution < 1.29 is 33.6 Å². The van der Waals surface area contributed by atoms with E-state index in [0.29, 0.717) is 44.4 Å². The van der Waals surface area contributed by atoms with Gasteiger partial charge in [0.1, 0.15) is 11.1 Å². The molecule has 2 N–H and O–H groups in total. The number of aromatic hydroxyl groups is 2. The highest BCUT2D eigenvalue weighted by molar-refractivity contribution is 6.22. The minimum absolute atomic E-state index is 0.0173. The third-order valence-corrected chi connectivity index (χ3v) is 6.83. The standard InChI is InChI=1S/C29H23NO8/c1-34-21-10-15(5-6-18(21)31)25-26-17-12-22(35-2)19(32)13-20(17)38-29(33)28(26)30-8-7-14-9-23(36-3)24(37-4)11-16(14)27(25)30/h5-13,31-32H,1-4H3. The summed E-state index contributed by atoms with van der Waals surface area (Å²) in [5, 5.41) is 23.5. The largest absolute Gasteiger partial charge is 0.504 e. The molecule has 0 aliphatic carbocycles. The van der Waals surface area contributed by atoms with Crippen molar-refractivity contribution in [2.45, 2.75) is 0 Å². The number of benzene rings is 3. The summed E-state index contributed by atoms with van der Waals surface area (Å²) in [6.07, 6.45) is 1.80. The maximum absolute atomic E-state index is 13.4. The molecule has 0 atom stereocenters. The number of aromatic nitrogens is 1. The summed E-state index contributed by atoms with van der Waals surface area (Å²) >= 11 is 0. The first-order valence-corrected chi connectivity index (χ1v) is 11.6. The summed E-state index contributed by atoms with van der Waals surface area (Å²) < 4.78 is 29.3. The molecule has 0 saturated carbocycles. The quantitative estimate of drug-likeness (QED) is 0.292. The van der Waals surface area contributed by atoms with Crippen molar-refractivity contribution in [2.24, 2.45) is 0 Å². The van der Waals surface area contributed by atoms with Crippen molar-refractivity contribution in [2.75, 3.05) is 28.4 Å². The van der Waals surface area contributed by atoms with E-state index in [1.165, 1.54) is 26.4 Å². The maximum Gasteiger partial charge on any atom is 0.361 e. The fourth-order valence-electron chi connectivity index (χ4n) is 5.11. The Kier molecular flexibility index (Phi) is 5.23. The second kappa shape index (κ2) is 8.52. The predicted molar refractivity (Wildman–Crippen MR) is 143 cm³/mol. The minimum atomic E-state index is -0.580. The topological polar surface area (TPSA) is 112 Å². The number of ether oxygens (including phenoxy) is 4. The molecule has 0 radical (unpaired) electrons.